The van der Waals surface area contributed by atoms with Crippen LogP contribution in [-0.2, 0) is 9.53 Å². The molecule has 2 N–H and O–H groups in total. The Morgan fingerprint density at radius 1 is 1.75 bits per heavy atom. The minimum absolute atomic E-state index is 0.0174. The molecule has 1 saturated heterocycles. The number of nitrogens with one attached hydrogen (secondary N) is 2. The molecule has 0 aromatic carbocycles. The Labute approximate surface area is 94.6 Å². The third kappa shape index (κ3) is 2.24. The second-order valence-electron chi connectivity index (χ2n) is 4.18. The van der Waals surface area contributed by atoms with E-state index in [9.17, 15) is 4.79 Å². The Bertz CT molecular complexity index is 350. The Kier molecular flexibility index (Phi) is 3.24. The Morgan fingerprint density at radius 2 is 2.56 bits per heavy atom. The van der Waals surface area contributed by atoms with Crippen LogP contribution < -0.4 is 5.32 Å². The number of ether oxygens (including phenoxy) is 1. The van der Waals surface area contributed by atoms with Crippen molar-refractivity contribution in [3.63, 3.8) is 0 Å². The molecule has 0 spiro atoms. The quantitative estimate of drug-likeness (QED) is 0.803. The highest BCUT2D eigenvalue weighted by Crippen LogP contribution is 2.21. The van der Waals surface area contributed by atoms with Gasteiger partial charge in [-0.3, -0.25) is 4.79 Å². The Morgan fingerprint density at radius 3 is 3.12 bits per heavy atom. The summed E-state index contributed by atoms with van der Waals surface area (Å²) < 4.78 is 5.37. The predicted octanol–water partition coefficient (Wildman–Crippen LogP) is 1.01. The molecule has 2 rings (SSSR count). The van der Waals surface area contributed by atoms with E-state index in [2.05, 4.69) is 15.3 Å². The molecule has 3 atom stereocenters. The summed E-state index contributed by atoms with van der Waals surface area (Å²) in [5.74, 6) is 0.797. The number of carbonyl (C=O) groups is 1. The number of nitrogens with zero attached hydrogens (tertiary/aromatic N) is 1. The zero-order valence-corrected chi connectivity index (χ0v) is 9.56. The lowest BCUT2D eigenvalue weighted by molar-refractivity contribution is -0.127. The van der Waals surface area contributed by atoms with Gasteiger partial charge in [-0.1, -0.05) is 0 Å². The van der Waals surface area contributed by atoms with Gasteiger partial charge in [-0.05, 0) is 20.3 Å². The van der Waals surface area contributed by atoms with Crippen molar-refractivity contribution in [2.24, 2.45) is 5.92 Å². The third-order valence-corrected chi connectivity index (χ3v) is 3.00. The highest BCUT2D eigenvalue weighted by Gasteiger charge is 2.31. The molecule has 1 amide bonds. The number of hydrogen-bond donors (Lipinski definition) is 2. The van der Waals surface area contributed by atoms with Gasteiger partial charge in [0.25, 0.3) is 0 Å². The molecule has 5 nitrogen and oxygen atoms in total. The summed E-state index contributed by atoms with van der Waals surface area (Å²) >= 11 is 0. The van der Waals surface area contributed by atoms with E-state index in [4.69, 9.17) is 4.74 Å². The first kappa shape index (κ1) is 11.1. The van der Waals surface area contributed by atoms with E-state index in [1.54, 1.807) is 12.4 Å². The van der Waals surface area contributed by atoms with Crippen LogP contribution in [-0.4, -0.2) is 28.6 Å². The summed E-state index contributed by atoms with van der Waals surface area (Å²) in [7, 11) is 0. The number of carbonyl (C=O) groups excluding carboxylic acids is 1. The van der Waals surface area contributed by atoms with E-state index in [-0.39, 0.29) is 24.0 Å². The highest BCUT2D eigenvalue weighted by molar-refractivity contribution is 5.79. The summed E-state index contributed by atoms with van der Waals surface area (Å²) in [6, 6.07) is -0.0877. The third-order valence-electron chi connectivity index (χ3n) is 3.00. The van der Waals surface area contributed by atoms with Crippen molar-refractivity contribution >= 4 is 5.91 Å². The standard InChI is InChI=1S/C11H17N3O2/c1-7(10-12-4-5-13-10)14-11(15)9-3-6-16-8(9)2/h4-5,7-9H,3,6H2,1-2H3,(H,12,13)(H,14,15). The van der Waals surface area contributed by atoms with Gasteiger partial charge in [-0.2, -0.15) is 0 Å². The molecule has 1 aromatic heterocycles. The lowest BCUT2D eigenvalue weighted by atomic mass is 10.0. The average molecular weight is 223 g/mol. The fourth-order valence-electron chi connectivity index (χ4n) is 1.98. The summed E-state index contributed by atoms with van der Waals surface area (Å²) in [5, 5.41) is 2.94. The molecular formula is C11H17N3O2. The van der Waals surface area contributed by atoms with Crippen molar-refractivity contribution in [3.05, 3.63) is 18.2 Å². The number of rotatable bonds is 3. The van der Waals surface area contributed by atoms with Crippen molar-refractivity contribution in [2.75, 3.05) is 6.61 Å². The van der Waals surface area contributed by atoms with E-state index in [1.165, 1.54) is 0 Å². The summed E-state index contributed by atoms with van der Waals surface area (Å²) in [6.07, 6.45) is 4.25. The number of aromatic nitrogens is 2. The first-order valence-corrected chi connectivity index (χ1v) is 5.59. The van der Waals surface area contributed by atoms with Crippen molar-refractivity contribution < 1.29 is 9.53 Å². The SMILES string of the molecule is CC(NC(=O)C1CCOC1C)c1ncc[nH]1. The molecule has 16 heavy (non-hydrogen) atoms. The predicted molar refractivity (Wildman–Crippen MR) is 58.7 cm³/mol. The minimum Gasteiger partial charge on any atom is -0.378 e. The van der Waals surface area contributed by atoms with Crippen molar-refractivity contribution in [2.45, 2.75) is 32.4 Å². The van der Waals surface area contributed by atoms with Crippen LogP contribution in [0.4, 0.5) is 0 Å². The maximum Gasteiger partial charge on any atom is 0.226 e. The van der Waals surface area contributed by atoms with Gasteiger partial charge in [0.15, 0.2) is 0 Å². The van der Waals surface area contributed by atoms with Crippen LogP contribution in [0.25, 0.3) is 0 Å². The molecule has 3 unspecified atom stereocenters. The summed E-state index contributed by atoms with van der Waals surface area (Å²) in [4.78, 5) is 19.0. The lowest BCUT2D eigenvalue weighted by Crippen LogP contribution is -2.36. The molecule has 1 fully saturated rings. The fourth-order valence-corrected chi connectivity index (χ4v) is 1.98. The van der Waals surface area contributed by atoms with Crippen LogP contribution in [0.2, 0.25) is 0 Å². The molecule has 0 saturated carbocycles. The largest absolute Gasteiger partial charge is 0.378 e. The zero-order chi connectivity index (χ0) is 11.5. The second kappa shape index (κ2) is 4.65. The van der Waals surface area contributed by atoms with E-state index in [0.717, 1.165) is 12.2 Å². The number of amides is 1. The van der Waals surface area contributed by atoms with Gasteiger partial charge in [0.05, 0.1) is 18.1 Å². The number of hydrogen-bond acceptors (Lipinski definition) is 3. The molecule has 1 aliphatic rings. The molecule has 0 radical (unpaired) electrons. The number of aromatic amines is 1. The Balaban J connectivity index is 1.92. The van der Waals surface area contributed by atoms with Gasteiger partial charge < -0.3 is 15.0 Å². The van der Waals surface area contributed by atoms with Crippen LogP contribution in [0, 0.1) is 5.92 Å². The smallest absolute Gasteiger partial charge is 0.226 e. The first-order chi connectivity index (χ1) is 7.68. The van der Waals surface area contributed by atoms with Crippen molar-refractivity contribution in [3.8, 4) is 0 Å². The summed E-state index contributed by atoms with van der Waals surface area (Å²) in [5.41, 5.74) is 0. The molecule has 5 heteroatoms. The van der Waals surface area contributed by atoms with Gasteiger partial charge in [0, 0.05) is 19.0 Å². The maximum absolute atomic E-state index is 11.9. The van der Waals surface area contributed by atoms with E-state index < -0.39 is 0 Å². The lowest BCUT2D eigenvalue weighted by Gasteiger charge is -2.17. The molecule has 88 valence electrons. The van der Waals surface area contributed by atoms with Crippen LogP contribution in [0.5, 0.6) is 0 Å². The van der Waals surface area contributed by atoms with Crippen molar-refractivity contribution in [1.82, 2.24) is 15.3 Å². The minimum atomic E-state index is -0.0877. The number of imidazole rings is 1. The van der Waals surface area contributed by atoms with Crippen LogP contribution >= 0.6 is 0 Å². The normalized spacial score (nSPS) is 26.6. The average Bonchev–Trinajstić information content (AvgIpc) is 2.86. The second-order valence-corrected chi connectivity index (χ2v) is 4.18. The van der Waals surface area contributed by atoms with Gasteiger partial charge in [-0.15, -0.1) is 0 Å². The molecule has 2 heterocycles. The molecule has 0 aliphatic carbocycles. The van der Waals surface area contributed by atoms with Gasteiger partial charge in [0.1, 0.15) is 5.82 Å². The maximum atomic E-state index is 11.9. The zero-order valence-electron chi connectivity index (χ0n) is 9.56. The van der Waals surface area contributed by atoms with Gasteiger partial charge in [0.2, 0.25) is 5.91 Å². The van der Waals surface area contributed by atoms with Crippen LogP contribution in [0.3, 0.4) is 0 Å². The van der Waals surface area contributed by atoms with Crippen molar-refractivity contribution in [1.29, 1.82) is 0 Å². The van der Waals surface area contributed by atoms with E-state index >= 15 is 0 Å². The van der Waals surface area contributed by atoms with Gasteiger partial charge in [-0.25, -0.2) is 4.98 Å². The summed E-state index contributed by atoms with van der Waals surface area (Å²) in [6.45, 7) is 4.53. The van der Waals surface area contributed by atoms with Crippen LogP contribution in [0.15, 0.2) is 12.4 Å². The molecule has 1 aromatic rings. The number of H-pyrrole nitrogens is 1. The molecule has 1 aliphatic heterocycles. The first-order valence-electron chi connectivity index (χ1n) is 5.59. The van der Waals surface area contributed by atoms with Crippen LogP contribution in [0.1, 0.15) is 32.1 Å². The fraction of sp³-hybridized carbons (Fsp3) is 0.636. The van der Waals surface area contributed by atoms with Gasteiger partial charge >= 0.3 is 0 Å². The van der Waals surface area contributed by atoms with E-state index in [0.29, 0.717) is 6.61 Å². The molecular weight excluding hydrogens is 206 g/mol. The monoisotopic (exact) mass is 223 g/mol. The highest BCUT2D eigenvalue weighted by atomic mass is 16.5. The topological polar surface area (TPSA) is 67.0 Å². The van der Waals surface area contributed by atoms with E-state index in [1.807, 2.05) is 13.8 Å². The molecule has 0 bridgehead atoms. The Hall–Kier alpha value is -1.36.